The second kappa shape index (κ2) is 4.18. The number of Topliss-reactive ketones (excluding diaryl/α,β-unsaturated/α-hetero) is 1. The van der Waals surface area contributed by atoms with Crippen molar-refractivity contribution in [3.05, 3.63) is 65.2 Å². The van der Waals surface area contributed by atoms with Crippen LogP contribution in [0.3, 0.4) is 0 Å². The highest BCUT2D eigenvalue weighted by Crippen LogP contribution is 2.57. The third kappa shape index (κ3) is 1.67. The molecule has 0 radical (unpaired) electrons. The van der Waals surface area contributed by atoms with Gasteiger partial charge >= 0.3 is 0 Å². The summed E-state index contributed by atoms with van der Waals surface area (Å²) in [4.78, 5) is 12.9. The molecule has 2 heterocycles. The Labute approximate surface area is 123 Å². The lowest BCUT2D eigenvalue weighted by Crippen LogP contribution is -2.44. The molecule has 2 aromatic rings. The Morgan fingerprint density at radius 1 is 1.10 bits per heavy atom. The van der Waals surface area contributed by atoms with Gasteiger partial charge < -0.3 is 9.47 Å². The van der Waals surface area contributed by atoms with Crippen molar-refractivity contribution in [3.8, 4) is 5.75 Å². The van der Waals surface area contributed by atoms with E-state index in [1.54, 1.807) is 0 Å². The first-order valence-corrected chi connectivity index (χ1v) is 7.18. The van der Waals surface area contributed by atoms with Crippen molar-refractivity contribution in [2.75, 3.05) is 0 Å². The number of aryl methyl sites for hydroxylation is 1. The molecule has 2 aliphatic rings. The molecule has 2 aromatic carbocycles. The van der Waals surface area contributed by atoms with E-state index in [-0.39, 0.29) is 18.0 Å². The second-order valence-corrected chi connectivity index (χ2v) is 5.79. The molecule has 1 saturated heterocycles. The van der Waals surface area contributed by atoms with Crippen molar-refractivity contribution < 1.29 is 14.3 Å². The number of ketones is 1. The second-order valence-electron chi connectivity index (χ2n) is 5.79. The van der Waals surface area contributed by atoms with E-state index in [4.69, 9.17) is 9.47 Å². The lowest BCUT2D eigenvalue weighted by molar-refractivity contribution is 0.0578. The van der Waals surface area contributed by atoms with E-state index in [1.807, 2.05) is 62.4 Å². The molecule has 3 heteroatoms. The van der Waals surface area contributed by atoms with Gasteiger partial charge in [0, 0.05) is 0 Å². The Morgan fingerprint density at radius 3 is 2.62 bits per heavy atom. The standard InChI is InChI=1S/C18H16O3/c1-11-8-9-15-14(10-11)16(19)18(12(2)20-15)17(21-18)13-6-4-3-5-7-13/h3-10,12,17H,1-2H3. The van der Waals surface area contributed by atoms with Crippen molar-refractivity contribution >= 4 is 5.78 Å². The van der Waals surface area contributed by atoms with Crippen LogP contribution in [0.5, 0.6) is 5.75 Å². The molecule has 0 amide bonds. The highest BCUT2D eigenvalue weighted by atomic mass is 16.6. The average molecular weight is 280 g/mol. The van der Waals surface area contributed by atoms with Crippen LogP contribution in [0.25, 0.3) is 0 Å². The van der Waals surface area contributed by atoms with Gasteiger partial charge in [0.15, 0.2) is 5.60 Å². The number of fused-ring (bicyclic) bond motifs is 1. The Morgan fingerprint density at radius 2 is 1.86 bits per heavy atom. The topological polar surface area (TPSA) is 38.8 Å². The highest BCUT2D eigenvalue weighted by Gasteiger charge is 2.69. The molecule has 0 bridgehead atoms. The molecule has 0 aromatic heterocycles. The summed E-state index contributed by atoms with van der Waals surface area (Å²) in [5.41, 5.74) is 1.85. The predicted octanol–water partition coefficient (Wildman–Crippen LogP) is 3.47. The molecule has 2 aliphatic heterocycles. The summed E-state index contributed by atoms with van der Waals surface area (Å²) in [5.74, 6) is 0.694. The number of carbonyl (C=O) groups excluding carboxylic acids is 1. The Balaban J connectivity index is 1.77. The van der Waals surface area contributed by atoms with Gasteiger partial charge in [0.2, 0.25) is 5.78 Å². The predicted molar refractivity (Wildman–Crippen MR) is 78.6 cm³/mol. The van der Waals surface area contributed by atoms with Crippen LogP contribution < -0.4 is 4.74 Å². The molecular weight excluding hydrogens is 264 g/mol. The lowest BCUT2D eigenvalue weighted by atomic mass is 9.84. The minimum Gasteiger partial charge on any atom is -0.486 e. The van der Waals surface area contributed by atoms with Gasteiger partial charge in [-0.25, -0.2) is 0 Å². The summed E-state index contributed by atoms with van der Waals surface area (Å²) in [6.07, 6.45) is -0.500. The number of hydrogen-bond donors (Lipinski definition) is 0. The fourth-order valence-electron chi connectivity index (χ4n) is 3.18. The van der Waals surface area contributed by atoms with E-state index in [0.717, 1.165) is 11.1 Å². The van der Waals surface area contributed by atoms with Crippen LogP contribution >= 0.6 is 0 Å². The SMILES string of the molecule is Cc1ccc2c(c1)C(=O)C1(OC1c1ccccc1)C(C)O2. The monoisotopic (exact) mass is 280 g/mol. The first-order chi connectivity index (χ1) is 10.1. The molecule has 4 rings (SSSR count). The normalized spacial score (nSPS) is 29.9. The highest BCUT2D eigenvalue weighted by molar-refractivity contribution is 6.08. The number of rotatable bonds is 1. The number of carbonyl (C=O) groups is 1. The van der Waals surface area contributed by atoms with Gasteiger partial charge in [-0.3, -0.25) is 4.79 Å². The maximum atomic E-state index is 12.9. The van der Waals surface area contributed by atoms with Crippen LogP contribution in [0, 0.1) is 6.92 Å². The van der Waals surface area contributed by atoms with Crippen LogP contribution in [-0.2, 0) is 4.74 Å². The first-order valence-electron chi connectivity index (χ1n) is 7.18. The van der Waals surface area contributed by atoms with Gasteiger partial charge in [-0.2, -0.15) is 0 Å². The molecular formula is C18H16O3. The Hall–Kier alpha value is -2.13. The van der Waals surface area contributed by atoms with Crippen molar-refractivity contribution in [1.29, 1.82) is 0 Å². The van der Waals surface area contributed by atoms with E-state index in [0.29, 0.717) is 11.3 Å². The van der Waals surface area contributed by atoms with Gasteiger partial charge in [0.05, 0.1) is 5.56 Å². The minimum atomic E-state index is -0.859. The van der Waals surface area contributed by atoms with Crippen molar-refractivity contribution in [2.24, 2.45) is 0 Å². The molecule has 0 N–H and O–H groups in total. The zero-order valence-corrected chi connectivity index (χ0v) is 12.0. The van der Waals surface area contributed by atoms with Gasteiger partial charge in [-0.15, -0.1) is 0 Å². The Bertz CT molecular complexity index is 722. The quantitative estimate of drug-likeness (QED) is 0.751. The van der Waals surface area contributed by atoms with Crippen LogP contribution in [-0.4, -0.2) is 17.5 Å². The van der Waals surface area contributed by atoms with E-state index >= 15 is 0 Å². The zero-order valence-electron chi connectivity index (χ0n) is 12.0. The minimum absolute atomic E-state index is 0.0359. The fraction of sp³-hybridized carbons (Fsp3) is 0.278. The van der Waals surface area contributed by atoms with Gasteiger partial charge in [-0.1, -0.05) is 42.0 Å². The largest absolute Gasteiger partial charge is 0.486 e. The maximum Gasteiger partial charge on any atom is 0.205 e. The van der Waals surface area contributed by atoms with Crippen molar-refractivity contribution in [2.45, 2.75) is 31.7 Å². The summed E-state index contributed by atoms with van der Waals surface area (Å²) in [6.45, 7) is 3.88. The Kier molecular flexibility index (Phi) is 2.51. The summed E-state index contributed by atoms with van der Waals surface area (Å²) in [7, 11) is 0. The summed E-state index contributed by atoms with van der Waals surface area (Å²) in [5, 5.41) is 0. The van der Waals surface area contributed by atoms with E-state index in [1.165, 1.54) is 0 Å². The number of epoxide rings is 1. The van der Waals surface area contributed by atoms with Gasteiger partial charge in [0.1, 0.15) is 18.0 Å². The first kappa shape index (κ1) is 12.6. The molecule has 0 aliphatic carbocycles. The summed E-state index contributed by atoms with van der Waals surface area (Å²) < 4.78 is 11.8. The molecule has 3 nitrogen and oxygen atoms in total. The third-order valence-corrected chi connectivity index (χ3v) is 4.39. The molecule has 1 fully saturated rings. The number of benzene rings is 2. The van der Waals surface area contributed by atoms with E-state index in [9.17, 15) is 4.79 Å². The van der Waals surface area contributed by atoms with Crippen molar-refractivity contribution in [1.82, 2.24) is 0 Å². The summed E-state index contributed by atoms with van der Waals surface area (Å²) >= 11 is 0. The zero-order chi connectivity index (χ0) is 14.6. The van der Waals surface area contributed by atoms with Gasteiger partial charge in [-0.05, 0) is 31.5 Å². The number of hydrogen-bond acceptors (Lipinski definition) is 3. The molecule has 21 heavy (non-hydrogen) atoms. The maximum absolute atomic E-state index is 12.9. The molecule has 3 atom stereocenters. The average Bonchev–Trinajstić information content (AvgIpc) is 3.24. The molecule has 106 valence electrons. The van der Waals surface area contributed by atoms with Crippen molar-refractivity contribution in [3.63, 3.8) is 0 Å². The van der Waals surface area contributed by atoms with Crippen LogP contribution in [0.1, 0.15) is 34.5 Å². The smallest absolute Gasteiger partial charge is 0.205 e. The molecule has 1 spiro atoms. The van der Waals surface area contributed by atoms with Crippen LogP contribution in [0.2, 0.25) is 0 Å². The molecule has 3 unspecified atom stereocenters. The fourth-order valence-corrected chi connectivity index (χ4v) is 3.18. The summed E-state index contributed by atoms with van der Waals surface area (Å²) in [6, 6.07) is 15.6. The van der Waals surface area contributed by atoms with E-state index in [2.05, 4.69) is 0 Å². The van der Waals surface area contributed by atoms with Gasteiger partial charge in [0.25, 0.3) is 0 Å². The number of ether oxygens (including phenoxy) is 2. The lowest BCUT2D eigenvalue weighted by Gasteiger charge is -2.28. The van der Waals surface area contributed by atoms with E-state index < -0.39 is 5.60 Å². The van der Waals surface area contributed by atoms with Crippen LogP contribution in [0.4, 0.5) is 0 Å². The third-order valence-electron chi connectivity index (χ3n) is 4.39. The molecule has 0 saturated carbocycles. The van der Waals surface area contributed by atoms with Crippen LogP contribution in [0.15, 0.2) is 48.5 Å².